The summed E-state index contributed by atoms with van der Waals surface area (Å²) in [5, 5.41) is 10.4. The molecule has 0 aromatic heterocycles. The lowest BCUT2D eigenvalue weighted by Crippen LogP contribution is -2.46. The van der Waals surface area contributed by atoms with Crippen molar-refractivity contribution in [2.75, 3.05) is 0 Å². The molecule has 1 unspecified atom stereocenters. The van der Waals surface area contributed by atoms with Crippen LogP contribution in [0.1, 0.15) is 39.0 Å². The molecule has 0 saturated heterocycles. The minimum atomic E-state index is -1.38. The van der Waals surface area contributed by atoms with Crippen LogP contribution in [0.3, 0.4) is 0 Å². The Balaban J connectivity index is 2.67. The summed E-state index contributed by atoms with van der Waals surface area (Å²) in [6.07, 6.45) is 3.59. The first-order valence-electron chi connectivity index (χ1n) is 4.61. The molecule has 0 heterocycles. The Morgan fingerprint density at radius 3 is 2.38 bits per heavy atom. The Bertz CT molecular complexity index is 185. The highest BCUT2D eigenvalue weighted by Gasteiger charge is 2.35. The molecule has 1 rings (SSSR count). The summed E-state index contributed by atoms with van der Waals surface area (Å²) in [6.45, 7) is 1.99. The predicted molar refractivity (Wildman–Crippen MR) is 55.8 cm³/mol. The summed E-state index contributed by atoms with van der Waals surface area (Å²) in [6, 6.07) is 0. The van der Waals surface area contributed by atoms with Crippen LogP contribution in [0, 0.1) is 0 Å². The van der Waals surface area contributed by atoms with Crippen LogP contribution in [0.25, 0.3) is 0 Å². The van der Waals surface area contributed by atoms with Gasteiger partial charge in [-0.1, -0.05) is 48.8 Å². The molecule has 3 nitrogen and oxygen atoms in total. The lowest BCUT2D eigenvalue weighted by molar-refractivity contribution is -0.296. The normalized spacial score (nSPS) is 23.5. The molecule has 0 amide bonds. The average Bonchev–Trinajstić information content (AvgIpc) is 2.04. The van der Waals surface area contributed by atoms with Crippen molar-refractivity contribution in [3.8, 4) is 0 Å². The van der Waals surface area contributed by atoms with Crippen molar-refractivity contribution in [1.82, 2.24) is 0 Å². The maximum Gasteiger partial charge on any atom is 0.252 e. The number of carbonyl (C=O) groups excluding carboxylic acids is 1. The van der Waals surface area contributed by atoms with E-state index in [-0.39, 0.29) is 3.92 Å². The number of carboxylic acid groups (broad SMARTS) is 1. The molecule has 0 spiro atoms. The zero-order chi connectivity index (χ0) is 9.90. The molecule has 1 saturated carbocycles. The summed E-state index contributed by atoms with van der Waals surface area (Å²) in [5.74, 6) is 0. The Kier molecular flexibility index (Phi) is 3.82. The fourth-order valence-corrected chi connectivity index (χ4v) is 2.65. The van der Waals surface area contributed by atoms with Crippen molar-refractivity contribution in [2.24, 2.45) is 0 Å². The highest BCUT2D eigenvalue weighted by molar-refractivity contribution is 14.1. The lowest BCUT2D eigenvalue weighted by atomic mass is 9.83. The van der Waals surface area contributed by atoms with E-state index in [0.717, 1.165) is 25.7 Å². The Morgan fingerprint density at radius 2 is 2.00 bits per heavy atom. The van der Waals surface area contributed by atoms with E-state index in [1.54, 1.807) is 0 Å². The van der Waals surface area contributed by atoms with E-state index in [9.17, 15) is 9.90 Å². The largest absolute Gasteiger partial charge is 0.542 e. The molecule has 0 radical (unpaired) electrons. The van der Waals surface area contributed by atoms with Gasteiger partial charge in [-0.3, -0.25) is 0 Å². The van der Waals surface area contributed by atoms with E-state index in [4.69, 9.17) is 4.74 Å². The average molecular weight is 297 g/mol. The molecule has 0 N–H and O–H groups in total. The van der Waals surface area contributed by atoms with E-state index < -0.39 is 11.8 Å². The minimum Gasteiger partial charge on any atom is -0.542 e. The third kappa shape index (κ3) is 2.72. The summed E-state index contributed by atoms with van der Waals surface area (Å²) in [5.41, 5.74) is -0.475. The van der Waals surface area contributed by atoms with Gasteiger partial charge in [0.15, 0.2) is 0 Å². The first-order chi connectivity index (χ1) is 6.07. The number of ether oxygens (including phenoxy) is 1. The molecule has 0 bridgehead atoms. The molecule has 1 aliphatic rings. The monoisotopic (exact) mass is 297 g/mol. The van der Waals surface area contributed by atoms with E-state index in [2.05, 4.69) is 22.6 Å². The van der Waals surface area contributed by atoms with Crippen LogP contribution in [0.2, 0.25) is 0 Å². The van der Waals surface area contributed by atoms with Gasteiger partial charge in [-0.25, -0.2) is 0 Å². The zero-order valence-corrected chi connectivity index (χ0v) is 9.87. The zero-order valence-electron chi connectivity index (χ0n) is 7.72. The topological polar surface area (TPSA) is 49.4 Å². The highest BCUT2D eigenvalue weighted by Crippen LogP contribution is 2.37. The van der Waals surface area contributed by atoms with Crippen LogP contribution in [-0.4, -0.2) is 15.7 Å². The van der Waals surface area contributed by atoms with Gasteiger partial charge < -0.3 is 14.6 Å². The van der Waals surface area contributed by atoms with Crippen molar-refractivity contribution in [3.05, 3.63) is 0 Å². The number of hydrogen-bond donors (Lipinski definition) is 0. The SMILES string of the molecule is CC(I)C1(OC(=O)[O-])CCCCC1. The van der Waals surface area contributed by atoms with Gasteiger partial charge in [0.05, 0.1) is 5.60 Å². The Morgan fingerprint density at radius 1 is 1.46 bits per heavy atom. The number of alkyl halides is 1. The summed E-state index contributed by atoms with van der Waals surface area (Å²) in [7, 11) is 0. The maximum absolute atomic E-state index is 10.4. The van der Waals surface area contributed by atoms with E-state index >= 15 is 0 Å². The fourth-order valence-electron chi connectivity index (χ4n) is 1.90. The second kappa shape index (κ2) is 4.48. The van der Waals surface area contributed by atoms with Crippen LogP contribution in [0.15, 0.2) is 0 Å². The molecule has 1 aliphatic carbocycles. The smallest absolute Gasteiger partial charge is 0.252 e. The predicted octanol–water partition coefficient (Wildman–Crippen LogP) is 1.87. The van der Waals surface area contributed by atoms with Gasteiger partial charge in [0, 0.05) is 3.92 Å². The molecule has 0 aromatic carbocycles. The van der Waals surface area contributed by atoms with Crippen LogP contribution in [-0.2, 0) is 4.74 Å². The first kappa shape index (κ1) is 11.1. The van der Waals surface area contributed by atoms with Gasteiger partial charge in [-0.15, -0.1) is 0 Å². The van der Waals surface area contributed by atoms with E-state index in [1.807, 2.05) is 6.92 Å². The van der Waals surface area contributed by atoms with Crippen molar-refractivity contribution in [2.45, 2.75) is 48.6 Å². The van der Waals surface area contributed by atoms with Crippen molar-refractivity contribution in [1.29, 1.82) is 0 Å². The third-order valence-corrected chi connectivity index (χ3v) is 3.85. The first-order valence-corrected chi connectivity index (χ1v) is 5.85. The van der Waals surface area contributed by atoms with Crippen LogP contribution < -0.4 is 5.11 Å². The molecule has 0 aromatic rings. The Labute approximate surface area is 92.0 Å². The molecule has 1 atom stereocenters. The number of rotatable bonds is 2. The van der Waals surface area contributed by atoms with Crippen LogP contribution >= 0.6 is 22.6 Å². The fraction of sp³-hybridized carbons (Fsp3) is 0.889. The molecule has 1 fully saturated rings. The van der Waals surface area contributed by atoms with Crippen molar-refractivity contribution < 1.29 is 14.6 Å². The standard InChI is InChI=1S/C9H15IO3/c1-7(10)9(13-8(11)12)5-3-2-4-6-9/h7H,2-6H2,1H3,(H,11,12)/p-1. The maximum atomic E-state index is 10.4. The second-order valence-electron chi connectivity index (χ2n) is 3.59. The Hall–Kier alpha value is 0. The quantitative estimate of drug-likeness (QED) is 0.444. The molecule has 0 aliphatic heterocycles. The summed E-state index contributed by atoms with van der Waals surface area (Å²) >= 11 is 2.23. The molecular weight excluding hydrogens is 283 g/mol. The van der Waals surface area contributed by atoms with Gasteiger partial charge in [-0.2, -0.15) is 0 Å². The minimum absolute atomic E-state index is 0.211. The van der Waals surface area contributed by atoms with Crippen LogP contribution in [0.4, 0.5) is 4.79 Å². The number of halogens is 1. The molecular formula is C9H14IO3-. The number of carbonyl (C=O) groups is 1. The molecule has 76 valence electrons. The summed E-state index contributed by atoms with van der Waals surface area (Å²) in [4.78, 5) is 10.4. The van der Waals surface area contributed by atoms with Gasteiger partial charge in [0.1, 0.15) is 0 Å². The lowest BCUT2D eigenvalue weighted by Gasteiger charge is -2.43. The van der Waals surface area contributed by atoms with Gasteiger partial charge in [0.2, 0.25) is 0 Å². The van der Waals surface area contributed by atoms with E-state index in [1.165, 1.54) is 6.42 Å². The molecule has 4 heteroatoms. The van der Waals surface area contributed by atoms with E-state index in [0.29, 0.717) is 0 Å². The number of hydrogen-bond acceptors (Lipinski definition) is 3. The summed E-state index contributed by atoms with van der Waals surface area (Å²) < 4.78 is 5.15. The van der Waals surface area contributed by atoms with Crippen LogP contribution in [0.5, 0.6) is 0 Å². The van der Waals surface area contributed by atoms with Crippen molar-refractivity contribution >= 4 is 28.7 Å². The van der Waals surface area contributed by atoms with Gasteiger partial charge in [-0.05, 0) is 12.8 Å². The molecule has 13 heavy (non-hydrogen) atoms. The van der Waals surface area contributed by atoms with Gasteiger partial charge in [0.25, 0.3) is 6.16 Å². The second-order valence-corrected chi connectivity index (χ2v) is 5.46. The van der Waals surface area contributed by atoms with Gasteiger partial charge >= 0.3 is 0 Å². The van der Waals surface area contributed by atoms with Crippen molar-refractivity contribution in [3.63, 3.8) is 0 Å². The highest BCUT2D eigenvalue weighted by atomic mass is 127. The third-order valence-electron chi connectivity index (χ3n) is 2.71.